The van der Waals surface area contributed by atoms with Crippen LogP contribution >= 0.6 is 0 Å². The molecule has 1 aliphatic carbocycles. The summed E-state index contributed by atoms with van der Waals surface area (Å²) in [6.45, 7) is 2.36. The van der Waals surface area contributed by atoms with Gasteiger partial charge in [-0.15, -0.1) is 0 Å². The summed E-state index contributed by atoms with van der Waals surface area (Å²) in [6, 6.07) is 14.9. The van der Waals surface area contributed by atoms with Crippen LogP contribution in [0.2, 0.25) is 0 Å². The van der Waals surface area contributed by atoms with Gasteiger partial charge in [-0.3, -0.25) is 0 Å². The van der Waals surface area contributed by atoms with Crippen LogP contribution in [0.3, 0.4) is 0 Å². The van der Waals surface area contributed by atoms with E-state index in [0.717, 1.165) is 42.4 Å². The number of aryl methyl sites for hydroxylation is 2. The summed E-state index contributed by atoms with van der Waals surface area (Å²) in [5.74, 6) is 0.150. The maximum Gasteiger partial charge on any atom is 0.240 e. The molecule has 158 valence electrons. The minimum absolute atomic E-state index is 0.0496. The molecule has 0 bridgehead atoms. The lowest BCUT2D eigenvalue weighted by Crippen LogP contribution is -2.43. The molecule has 2 aromatic rings. The monoisotopic (exact) mass is 435 g/mol. The minimum Gasteiger partial charge on any atom is -0.229 e. The van der Waals surface area contributed by atoms with Gasteiger partial charge in [0.1, 0.15) is 9.84 Å². The van der Waals surface area contributed by atoms with Crippen LogP contribution in [0, 0.1) is 12.3 Å². The fraction of sp³-hybridized carbons (Fsp3) is 0.455. The SMILES string of the molecule is Cc1ccc(S(=O)(=O)NCC2(Cc3ccc(CCS(C)(=O)=O)cc3)CCC2)cc1. The number of sulfone groups is 1. The van der Waals surface area contributed by atoms with Crippen molar-refractivity contribution in [3.05, 3.63) is 65.2 Å². The Balaban J connectivity index is 1.62. The standard InChI is InChI=1S/C22H29NO4S2/c1-18-4-10-21(11-5-18)29(26,27)23-17-22(13-3-14-22)16-20-8-6-19(7-9-20)12-15-28(2,24)25/h4-11,23H,3,12-17H2,1-2H3. The summed E-state index contributed by atoms with van der Waals surface area (Å²) < 4.78 is 50.7. The highest BCUT2D eigenvalue weighted by atomic mass is 32.2. The largest absolute Gasteiger partial charge is 0.240 e. The van der Waals surface area contributed by atoms with E-state index in [1.165, 1.54) is 6.26 Å². The molecule has 1 N–H and O–H groups in total. The first-order valence-electron chi connectivity index (χ1n) is 9.89. The second-order valence-electron chi connectivity index (χ2n) is 8.36. The average molecular weight is 436 g/mol. The molecule has 0 aromatic heterocycles. The van der Waals surface area contributed by atoms with Gasteiger partial charge in [-0.1, -0.05) is 48.4 Å². The molecule has 0 saturated heterocycles. The molecule has 0 unspecified atom stereocenters. The summed E-state index contributed by atoms with van der Waals surface area (Å²) in [4.78, 5) is 0.299. The van der Waals surface area contributed by atoms with Gasteiger partial charge in [0.15, 0.2) is 0 Å². The number of hydrogen-bond acceptors (Lipinski definition) is 4. The van der Waals surface area contributed by atoms with Gasteiger partial charge < -0.3 is 0 Å². The number of sulfonamides is 1. The van der Waals surface area contributed by atoms with Crippen LogP contribution in [-0.2, 0) is 32.7 Å². The van der Waals surface area contributed by atoms with Crippen LogP contribution in [0.1, 0.15) is 36.0 Å². The van der Waals surface area contributed by atoms with Gasteiger partial charge in [0.05, 0.1) is 10.6 Å². The van der Waals surface area contributed by atoms with Gasteiger partial charge in [-0.05, 0) is 61.3 Å². The maximum atomic E-state index is 12.6. The van der Waals surface area contributed by atoms with Crippen molar-refractivity contribution in [1.82, 2.24) is 4.72 Å². The average Bonchev–Trinajstić information content (AvgIpc) is 2.63. The third kappa shape index (κ3) is 6.14. The molecule has 0 spiro atoms. The minimum atomic E-state index is -3.51. The quantitative estimate of drug-likeness (QED) is 0.655. The van der Waals surface area contributed by atoms with E-state index < -0.39 is 19.9 Å². The summed E-state index contributed by atoms with van der Waals surface area (Å²) in [7, 11) is -6.48. The van der Waals surface area contributed by atoms with E-state index in [0.29, 0.717) is 17.9 Å². The predicted octanol–water partition coefficient (Wildman–Crippen LogP) is 3.27. The van der Waals surface area contributed by atoms with Crippen molar-refractivity contribution in [2.45, 2.75) is 43.9 Å². The zero-order valence-corrected chi connectivity index (χ0v) is 18.7. The van der Waals surface area contributed by atoms with Gasteiger partial charge in [0, 0.05) is 12.8 Å². The van der Waals surface area contributed by atoms with Gasteiger partial charge in [0.2, 0.25) is 10.0 Å². The molecule has 7 heteroatoms. The zero-order valence-electron chi connectivity index (χ0n) is 17.0. The molecule has 29 heavy (non-hydrogen) atoms. The molecule has 1 saturated carbocycles. The van der Waals surface area contributed by atoms with E-state index in [2.05, 4.69) is 4.72 Å². The van der Waals surface area contributed by atoms with Gasteiger partial charge in [-0.25, -0.2) is 21.6 Å². The van der Waals surface area contributed by atoms with Crippen LogP contribution < -0.4 is 4.72 Å². The van der Waals surface area contributed by atoms with E-state index in [1.807, 2.05) is 31.2 Å². The van der Waals surface area contributed by atoms with Crippen LogP contribution in [0.5, 0.6) is 0 Å². The highest BCUT2D eigenvalue weighted by Crippen LogP contribution is 2.43. The summed E-state index contributed by atoms with van der Waals surface area (Å²) in [6.07, 6.45) is 5.69. The predicted molar refractivity (Wildman–Crippen MR) is 116 cm³/mol. The molecule has 1 aliphatic rings. The Morgan fingerprint density at radius 3 is 2.00 bits per heavy atom. The van der Waals surface area contributed by atoms with Crippen molar-refractivity contribution in [3.8, 4) is 0 Å². The van der Waals surface area contributed by atoms with Gasteiger partial charge in [0.25, 0.3) is 0 Å². The van der Waals surface area contributed by atoms with Crippen molar-refractivity contribution >= 4 is 19.9 Å². The second-order valence-corrected chi connectivity index (χ2v) is 12.4. The summed E-state index contributed by atoms with van der Waals surface area (Å²) in [5.41, 5.74) is 3.13. The van der Waals surface area contributed by atoms with E-state index in [-0.39, 0.29) is 11.2 Å². The number of hydrogen-bond donors (Lipinski definition) is 1. The van der Waals surface area contributed by atoms with Gasteiger partial charge in [-0.2, -0.15) is 0 Å². The first-order chi connectivity index (χ1) is 13.6. The lowest BCUT2D eigenvalue weighted by atomic mass is 9.65. The van der Waals surface area contributed by atoms with E-state index in [1.54, 1.807) is 24.3 Å². The fourth-order valence-electron chi connectivity index (χ4n) is 3.70. The van der Waals surface area contributed by atoms with E-state index >= 15 is 0 Å². The highest BCUT2D eigenvalue weighted by Gasteiger charge is 2.38. The lowest BCUT2D eigenvalue weighted by molar-refractivity contribution is 0.139. The van der Waals surface area contributed by atoms with Crippen LogP contribution in [0.15, 0.2) is 53.4 Å². The molecule has 2 aromatic carbocycles. The topological polar surface area (TPSA) is 80.3 Å². The van der Waals surface area contributed by atoms with Crippen LogP contribution in [-0.4, -0.2) is 35.4 Å². The number of nitrogens with one attached hydrogen (secondary N) is 1. The Bertz CT molecular complexity index is 1040. The van der Waals surface area contributed by atoms with Crippen LogP contribution in [0.4, 0.5) is 0 Å². The fourth-order valence-corrected chi connectivity index (χ4v) is 5.47. The smallest absolute Gasteiger partial charge is 0.229 e. The Morgan fingerprint density at radius 1 is 0.897 bits per heavy atom. The maximum absolute atomic E-state index is 12.6. The number of benzene rings is 2. The van der Waals surface area contributed by atoms with Gasteiger partial charge >= 0.3 is 0 Å². The van der Waals surface area contributed by atoms with Crippen molar-refractivity contribution in [2.24, 2.45) is 5.41 Å². The Labute approximate surface area is 174 Å². The normalized spacial score (nSPS) is 16.3. The van der Waals surface area contributed by atoms with Crippen molar-refractivity contribution in [1.29, 1.82) is 0 Å². The molecular weight excluding hydrogens is 406 g/mol. The van der Waals surface area contributed by atoms with Crippen molar-refractivity contribution < 1.29 is 16.8 Å². The first-order valence-corrected chi connectivity index (χ1v) is 13.4. The van der Waals surface area contributed by atoms with Crippen molar-refractivity contribution in [3.63, 3.8) is 0 Å². The molecule has 1 fully saturated rings. The summed E-state index contributed by atoms with van der Waals surface area (Å²) >= 11 is 0. The molecule has 0 radical (unpaired) electrons. The first kappa shape index (κ1) is 22.0. The Kier molecular flexibility index (Phi) is 6.51. The number of rotatable bonds is 9. The molecule has 0 aliphatic heterocycles. The second kappa shape index (κ2) is 8.58. The zero-order chi connectivity index (χ0) is 21.1. The molecule has 3 rings (SSSR count). The highest BCUT2D eigenvalue weighted by molar-refractivity contribution is 7.90. The van der Waals surface area contributed by atoms with E-state index in [9.17, 15) is 16.8 Å². The third-order valence-electron chi connectivity index (χ3n) is 5.75. The molecule has 0 heterocycles. The Hall–Kier alpha value is -1.70. The van der Waals surface area contributed by atoms with Crippen LogP contribution in [0.25, 0.3) is 0 Å². The molecule has 5 nitrogen and oxygen atoms in total. The summed E-state index contributed by atoms with van der Waals surface area (Å²) in [5, 5.41) is 0. The molecule has 0 atom stereocenters. The van der Waals surface area contributed by atoms with Crippen molar-refractivity contribution in [2.75, 3.05) is 18.6 Å². The van der Waals surface area contributed by atoms with E-state index in [4.69, 9.17) is 0 Å². The molecule has 0 amide bonds. The Morgan fingerprint density at radius 2 is 1.48 bits per heavy atom. The third-order valence-corrected chi connectivity index (χ3v) is 8.11. The lowest BCUT2D eigenvalue weighted by Gasteiger charge is -2.42. The molecular formula is C22H29NO4S2.